The van der Waals surface area contributed by atoms with Crippen LogP contribution in [-0.4, -0.2) is 14.1 Å². The maximum atomic E-state index is 14.3. The average Bonchev–Trinajstić information content (AvgIpc) is 3.85. The highest BCUT2D eigenvalue weighted by Gasteiger charge is 2.17. The van der Waals surface area contributed by atoms with E-state index in [-0.39, 0.29) is 5.82 Å². The first-order valence-corrected chi connectivity index (χ1v) is 18.2. The van der Waals surface area contributed by atoms with Crippen LogP contribution in [0, 0.1) is 5.82 Å². The summed E-state index contributed by atoms with van der Waals surface area (Å²) in [7, 11) is 0. The van der Waals surface area contributed by atoms with Gasteiger partial charge in [-0.1, -0.05) is 84.9 Å². The Kier molecular flexibility index (Phi) is 6.30. The van der Waals surface area contributed by atoms with Crippen LogP contribution in [0.4, 0.5) is 4.39 Å². The Labute approximate surface area is 302 Å². The van der Waals surface area contributed by atoms with Gasteiger partial charge >= 0.3 is 0 Å². The van der Waals surface area contributed by atoms with E-state index in [4.69, 9.17) is 4.98 Å². The zero-order valence-corrected chi connectivity index (χ0v) is 28.6. The fraction of sp³-hybridized carbons (Fsp3) is 0. The lowest BCUT2D eigenvalue weighted by atomic mass is 10.0. The minimum absolute atomic E-state index is 0.220. The second-order valence-electron chi connectivity index (χ2n) is 13.3. The summed E-state index contributed by atoms with van der Waals surface area (Å²) in [5.74, 6) is 0.630. The van der Waals surface area contributed by atoms with Gasteiger partial charge in [0, 0.05) is 53.0 Å². The van der Waals surface area contributed by atoms with Gasteiger partial charge in [0.2, 0.25) is 0 Å². The lowest BCUT2D eigenvalue weighted by Gasteiger charge is -2.11. The SMILES string of the molecule is Fc1ccc2sc3ccc(-c4cccc(-n5c6ccccc6c6ccc(-c7ccc8c(c7)c7ccccc7n8-c7ccccc7)cc65)n4)cc3c2c1. The molecule has 0 aliphatic carbocycles. The molecule has 0 unspecified atom stereocenters. The van der Waals surface area contributed by atoms with Gasteiger partial charge in [0.15, 0.2) is 0 Å². The lowest BCUT2D eigenvalue weighted by molar-refractivity contribution is 0.630. The minimum atomic E-state index is -0.220. The van der Waals surface area contributed by atoms with Gasteiger partial charge in [-0.3, -0.25) is 4.57 Å². The third-order valence-electron chi connectivity index (χ3n) is 10.4. The summed E-state index contributed by atoms with van der Waals surface area (Å²) in [5, 5.41) is 6.82. The Morgan fingerprint density at radius 1 is 0.404 bits per heavy atom. The number of benzene rings is 7. The third-order valence-corrected chi connectivity index (χ3v) is 11.5. The van der Waals surface area contributed by atoms with E-state index < -0.39 is 0 Å². The van der Waals surface area contributed by atoms with Gasteiger partial charge in [-0.25, -0.2) is 9.37 Å². The zero-order valence-electron chi connectivity index (χ0n) is 27.8. The molecule has 11 aromatic rings. The molecule has 52 heavy (non-hydrogen) atoms. The normalized spacial score (nSPS) is 11.9. The molecular formula is C47H28FN3S. The molecule has 244 valence electrons. The summed E-state index contributed by atoms with van der Waals surface area (Å²) in [6, 6.07) is 59.1. The standard InChI is InChI=1S/C47H28FN3S/c48-32-20-24-46-39(28-32)38-26-31(19-23-45(38)52-46)40-13-8-16-47(49-40)51-42-15-7-4-11-34(42)36-21-17-30(27-44(36)51)29-18-22-43-37(25-29)35-12-5-6-14-41(35)50(43)33-9-2-1-3-10-33/h1-28H. The topological polar surface area (TPSA) is 22.8 Å². The van der Waals surface area contributed by atoms with Gasteiger partial charge in [0.1, 0.15) is 11.6 Å². The number of hydrogen-bond donors (Lipinski definition) is 0. The van der Waals surface area contributed by atoms with Crippen molar-refractivity contribution in [3.63, 3.8) is 0 Å². The number of aromatic nitrogens is 3. The zero-order chi connectivity index (χ0) is 34.3. The number of fused-ring (bicyclic) bond motifs is 9. The largest absolute Gasteiger partial charge is 0.309 e. The van der Waals surface area contributed by atoms with Crippen molar-refractivity contribution >= 4 is 75.1 Å². The molecule has 5 heteroatoms. The summed E-state index contributed by atoms with van der Waals surface area (Å²) in [6.45, 7) is 0. The van der Waals surface area contributed by atoms with Crippen molar-refractivity contribution in [1.29, 1.82) is 0 Å². The number of thiophene rings is 1. The van der Waals surface area contributed by atoms with E-state index in [2.05, 4.69) is 161 Å². The molecule has 0 spiro atoms. The van der Waals surface area contributed by atoms with Crippen molar-refractivity contribution in [2.24, 2.45) is 0 Å². The predicted octanol–water partition coefficient (Wildman–Crippen LogP) is 13.1. The first-order chi connectivity index (χ1) is 25.7. The van der Waals surface area contributed by atoms with E-state index in [0.29, 0.717) is 0 Å². The molecule has 0 radical (unpaired) electrons. The van der Waals surface area contributed by atoms with Crippen LogP contribution in [-0.2, 0) is 0 Å². The van der Waals surface area contributed by atoms with Crippen LogP contribution in [0.15, 0.2) is 170 Å². The molecule has 0 bridgehead atoms. The van der Waals surface area contributed by atoms with E-state index in [0.717, 1.165) is 65.1 Å². The van der Waals surface area contributed by atoms with Crippen molar-refractivity contribution in [3.05, 3.63) is 176 Å². The van der Waals surface area contributed by atoms with Crippen LogP contribution >= 0.6 is 11.3 Å². The van der Waals surface area contributed by atoms with Crippen molar-refractivity contribution in [2.45, 2.75) is 0 Å². The number of halogens is 1. The van der Waals surface area contributed by atoms with Crippen LogP contribution in [0.3, 0.4) is 0 Å². The van der Waals surface area contributed by atoms with Gasteiger partial charge in [0.05, 0.1) is 27.8 Å². The maximum absolute atomic E-state index is 14.3. The summed E-state index contributed by atoms with van der Waals surface area (Å²) in [6.07, 6.45) is 0. The number of nitrogens with zero attached hydrogens (tertiary/aromatic N) is 3. The number of rotatable bonds is 4. The van der Waals surface area contributed by atoms with Gasteiger partial charge in [-0.05, 0) is 96.1 Å². The molecule has 11 rings (SSSR count). The van der Waals surface area contributed by atoms with E-state index in [1.807, 2.05) is 6.07 Å². The Hall–Kier alpha value is -6.56. The highest BCUT2D eigenvalue weighted by atomic mass is 32.1. The molecule has 4 heterocycles. The second-order valence-corrected chi connectivity index (χ2v) is 14.4. The van der Waals surface area contributed by atoms with E-state index in [1.54, 1.807) is 17.4 Å². The quantitative estimate of drug-likeness (QED) is 0.181. The molecule has 7 aromatic carbocycles. The van der Waals surface area contributed by atoms with Crippen LogP contribution in [0.25, 0.3) is 97.7 Å². The first kappa shape index (κ1) is 29.2. The number of para-hydroxylation sites is 3. The van der Waals surface area contributed by atoms with Gasteiger partial charge < -0.3 is 4.57 Å². The van der Waals surface area contributed by atoms with Gasteiger partial charge in [-0.15, -0.1) is 11.3 Å². The molecule has 0 fully saturated rings. The Morgan fingerprint density at radius 2 is 1.02 bits per heavy atom. The van der Waals surface area contributed by atoms with E-state index in [9.17, 15) is 4.39 Å². The molecule has 3 nitrogen and oxygen atoms in total. The second kappa shape index (κ2) is 11.2. The van der Waals surface area contributed by atoms with E-state index in [1.165, 1.54) is 38.6 Å². The first-order valence-electron chi connectivity index (χ1n) is 17.4. The van der Waals surface area contributed by atoms with Crippen LogP contribution in [0.5, 0.6) is 0 Å². The third kappa shape index (κ3) is 4.39. The molecule has 0 saturated carbocycles. The lowest BCUT2D eigenvalue weighted by Crippen LogP contribution is -1.98. The molecule has 0 aliphatic rings. The van der Waals surface area contributed by atoms with Crippen molar-refractivity contribution in [1.82, 2.24) is 14.1 Å². The van der Waals surface area contributed by atoms with Crippen molar-refractivity contribution in [3.8, 4) is 33.9 Å². The number of pyridine rings is 1. The molecule has 0 saturated heterocycles. The Morgan fingerprint density at radius 3 is 1.87 bits per heavy atom. The summed E-state index contributed by atoms with van der Waals surface area (Å²) in [5.41, 5.74) is 9.93. The number of hydrogen-bond acceptors (Lipinski definition) is 2. The smallest absolute Gasteiger partial charge is 0.138 e. The Balaban J connectivity index is 1.08. The van der Waals surface area contributed by atoms with Crippen LogP contribution in [0.2, 0.25) is 0 Å². The Bertz CT molecular complexity index is 3200. The molecule has 4 aromatic heterocycles. The van der Waals surface area contributed by atoms with Crippen molar-refractivity contribution in [2.75, 3.05) is 0 Å². The average molecular weight is 686 g/mol. The summed E-state index contributed by atoms with van der Waals surface area (Å²) in [4.78, 5) is 5.27. The van der Waals surface area contributed by atoms with Gasteiger partial charge in [-0.2, -0.15) is 0 Å². The van der Waals surface area contributed by atoms with Crippen LogP contribution in [0.1, 0.15) is 0 Å². The maximum Gasteiger partial charge on any atom is 0.138 e. The van der Waals surface area contributed by atoms with Crippen LogP contribution < -0.4 is 0 Å². The minimum Gasteiger partial charge on any atom is -0.309 e. The van der Waals surface area contributed by atoms with Gasteiger partial charge in [0.25, 0.3) is 0 Å². The fourth-order valence-corrected chi connectivity index (χ4v) is 9.09. The molecule has 0 N–H and O–H groups in total. The van der Waals surface area contributed by atoms with Crippen molar-refractivity contribution < 1.29 is 4.39 Å². The predicted molar refractivity (Wildman–Crippen MR) is 217 cm³/mol. The molecule has 0 aliphatic heterocycles. The highest BCUT2D eigenvalue weighted by molar-refractivity contribution is 7.25. The summed E-state index contributed by atoms with van der Waals surface area (Å²) >= 11 is 1.69. The molecular weight excluding hydrogens is 658 g/mol. The summed E-state index contributed by atoms with van der Waals surface area (Å²) < 4.78 is 21.1. The van der Waals surface area contributed by atoms with E-state index >= 15 is 0 Å². The molecule has 0 amide bonds. The fourth-order valence-electron chi connectivity index (χ4n) is 8.02. The highest BCUT2D eigenvalue weighted by Crippen LogP contribution is 2.39. The monoisotopic (exact) mass is 685 g/mol. The molecule has 0 atom stereocenters.